The number of aliphatic hydroxyl groups is 1. The minimum atomic E-state index is -0.892. The van der Waals surface area contributed by atoms with E-state index in [1.54, 1.807) is 25.1 Å². The van der Waals surface area contributed by atoms with Gasteiger partial charge in [-0.3, -0.25) is 5.10 Å². The Morgan fingerprint density at radius 1 is 1.20 bits per heavy atom. The third-order valence-corrected chi connectivity index (χ3v) is 4.49. The van der Waals surface area contributed by atoms with Crippen molar-refractivity contribution in [1.82, 2.24) is 20.2 Å². The Kier molecular flexibility index (Phi) is 5.47. The van der Waals surface area contributed by atoms with Crippen LogP contribution < -0.4 is 10.1 Å². The first-order chi connectivity index (χ1) is 14.4. The van der Waals surface area contributed by atoms with Gasteiger partial charge >= 0.3 is 0 Å². The Balaban J connectivity index is 1.81. The SMILES string of the molecule is CC(O)CNc1nc2c(-c3ccccc3Cl)[nH]nc2nc1Oc1ccc(F)cc1F. The second-order valence-corrected chi connectivity index (χ2v) is 6.94. The van der Waals surface area contributed by atoms with Gasteiger partial charge in [0.15, 0.2) is 17.4 Å². The van der Waals surface area contributed by atoms with E-state index in [1.807, 2.05) is 6.07 Å². The number of rotatable bonds is 6. The zero-order chi connectivity index (χ0) is 21.3. The topological polar surface area (TPSA) is 96.0 Å². The minimum absolute atomic E-state index is 0.0779. The van der Waals surface area contributed by atoms with Crippen molar-refractivity contribution in [2.45, 2.75) is 13.0 Å². The molecule has 0 aliphatic rings. The zero-order valence-corrected chi connectivity index (χ0v) is 16.4. The van der Waals surface area contributed by atoms with Gasteiger partial charge < -0.3 is 15.2 Å². The minimum Gasteiger partial charge on any atom is -0.433 e. The average molecular weight is 432 g/mol. The molecule has 4 rings (SSSR count). The molecule has 3 N–H and O–H groups in total. The van der Waals surface area contributed by atoms with Crippen molar-refractivity contribution < 1.29 is 18.6 Å². The van der Waals surface area contributed by atoms with E-state index in [-0.39, 0.29) is 29.6 Å². The van der Waals surface area contributed by atoms with Gasteiger partial charge in [-0.15, -0.1) is 0 Å². The molecule has 7 nitrogen and oxygen atoms in total. The molecular weight excluding hydrogens is 416 g/mol. The summed E-state index contributed by atoms with van der Waals surface area (Å²) in [5, 5.41) is 20.0. The van der Waals surface area contributed by atoms with Gasteiger partial charge in [-0.05, 0) is 25.1 Å². The summed E-state index contributed by atoms with van der Waals surface area (Å²) in [6, 6.07) is 10.1. The van der Waals surface area contributed by atoms with Gasteiger partial charge in [0.05, 0.1) is 16.8 Å². The number of halogens is 3. The molecule has 0 fully saturated rings. The molecule has 1 unspecified atom stereocenters. The van der Waals surface area contributed by atoms with E-state index in [1.165, 1.54) is 0 Å². The summed E-state index contributed by atoms with van der Waals surface area (Å²) in [5.74, 6) is -1.78. The number of nitrogens with one attached hydrogen (secondary N) is 2. The maximum absolute atomic E-state index is 14.1. The van der Waals surface area contributed by atoms with Gasteiger partial charge in [-0.2, -0.15) is 10.1 Å². The Hall–Kier alpha value is -3.30. The van der Waals surface area contributed by atoms with Gasteiger partial charge in [0.25, 0.3) is 5.88 Å². The van der Waals surface area contributed by atoms with Crippen LogP contribution in [0.1, 0.15) is 6.92 Å². The fourth-order valence-corrected chi connectivity index (χ4v) is 2.99. The van der Waals surface area contributed by atoms with Crippen molar-refractivity contribution >= 4 is 28.6 Å². The van der Waals surface area contributed by atoms with Crippen LogP contribution >= 0.6 is 11.6 Å². The summed E-state index contributed by atoms with van der Waals surface area (Å²) < 4.78 is 32.8. The van der Waals surface area contributed by atoms with Crippen LogP contribution in [0.4, 0.5) is 14.6 Å². The lowest BCUT2D eigenvalue weighted by Gasteiger charge is -2.13. The highest BCUT2D eigenvalue weighted by atomic mass is 35.5. The number of anilines is 1. The first-order valence-corrected chi connectivity index (χ1v) is 9.36. The summed E-state index contributed by atoms with van der Waals surface area (Å²) in [4.78, 5) is 8.82. The van der Waals surface area contributed by atoms with Gasteiger partial charge in [-0.1, -0.05) is 29.8 Å². The van der Waals surface area contributed by atoms with E-state index >= 15 is 0 Å². The molecule has 0 radical (unpaired) electrons. The first kappa shape index (κ1) is 20.0. The van der Waals surface area contributed by atoms with E-state index in [0.717, 1.165) is 12.1 Å². The fraction of sp³-hybridized carbons (Fsp3) is 0.150. The van der Waals surface area contributed by atoms with Crippen LogP contribution in [0, 0.1) is 11.6 Å². The van der Waals surface area contributed by atoms with E-state index in [0.29, 0.717) is 27.9 Å². The van der Waals surface area contributed by atoms with E-state index in [2.05, 4.69) is 25.5 Å². The van der Waals surface area contributed by atoms with Crippen LogP contribution in [0.5, 0.6) is 11.6 Å². The number of nitrogens with zero attached hydrogens (tertiary/aromatic N) is 3. The highest BCUT2D eigenvalue weighted by Gasteiger charge is 2.19. The van der Waals surface area contributed by atoms with Gasteiger partial charge in [-0.25, -0.2) is 13.8 Å². The molecule has 2 heterocycles. The molecule has 0 saturated carbocycles. The van der Waals surface area contributed by atoms with Crippen LogP contribution in [-0.4, -0.2) is 37.9 Å². The summed E-state index contributed by atoms with van der Waals surface area (Å²) in [7, 11) is 0. The van der Waals surface area contributed by atoms with Gasteiger partial charge in [0, 0.05) is 18.2 Å². The molecule has 1 atom stereocenters. The van der Waals surface area contributed by atoms with Gasteiger partial charge in [0.1, 0.15) is 11.3 Å². The quantitative estimate of drug-likeness (QED) is 0.415. The maximum Gasteiger partial charge on any atom is 0.265 e. The molecule has 0 amide bonds. The molecule has 4 aromatic rings. The second kappa shape index (κ2) is 8.21. The summed E-state index contributed by atoms with van der Waals surface area (Å²) in [6.07, 6.45) is -0.690. The number of aromatic amines is 1. The number of hydrogen-bond donors (Lipinski definition) is 3. The molecule has 30 heavy (non-hydrogen) atoms. The van der Waals surface area contributed by atoms with Crippen molar-refractivity contribution in [3.05, 3.63) is 59.1 Å². The third-order valence-electron chi connectivity index (χ3n) is 4.16. The molecule has 0 aliphatic heterocycles. The van der Waals surface area contributed by atoms with Crippen molar-refractivity contribution in [1.29, 1.82) is 0 Å². The number of fused-ring (bicyclic) bond motifs is 1. The maximum atomic E-state index is 14.1. The lowest BCUT2D eigenvalue weighted by atomic mass is 10.1. The molecular formula is C20H16ClF2N5O2. The third kappa shape index (κ3) is 4.03. The normalized spacial score (nSPS) is 12.2. The Bertz CT molecular complexity index is 1220. The molecule has 0 spiro atoms. The average Bonchev–Trinajstić information content (AvgIpc) is 3.11. The molecule has 2 aromatic heterocycles. The van der Waals surface area contributed by atoms with Crippen molar-refractivity contribution in [2.75, 3.05) is 11.9 Å². The van der Waals surface area contributed by atoms with Crippen LogP contribution in [-0.2, 0) is 0 Å². The first-order valence-electron chi connectivity index (χ1n) is 8.98. The van der Waals surface area contributed by atoms with Crippen LogP contribution in [0.3, 0.4) is 0 Å². The summed E-state index contributed by atoms with van der Waals surface area (Å²) in [5.41, 5.74) is 1.84. The lowest BCUT2D eigenvalue weighted by molar-refractivity contribution is 0.208. The predicted molar refractivity (Wildman–Crippen MR) is 109 cm³/mol. The molecule has 154 valence electrons. The monoisotopic (exact) mass is 431 g/mol. The van der Waals surface area contributed by atoms with Crippen LogP contribution in [0.2, 0.25) is 5.02 Å². The molecule has 0 saturated heterocycles. The number of aromatic nitrogens is 4. The number of H-pyrrole nitrogens is 1. The highest BCUT2D eigenvalue weighted by molar-refractivity contribution is 6.33. The smallest absolute Gasteiger partial charge is 0.265 e. The summed E-state index contributed by atoms with van der Waals surface area (Å²) in [6.45, 7) is 1.73. The van der Waals surface area contributed by atoms with Crippen molar-refractivity contribution in [3.63, 3.8) is 0 Å². The standard InChI is InChI=1S/C20H16ClF2N5O2/c1-10(29)9-24-19-20(30-15-7-6-11(22)8-14(15)23)26-18-17(25-19)16(27-28-18)12-4-2-3-5-13(12)21/h2-8,10,29H,9H2,1H3,(H,24,25)(H,26,27,28). The lowest BCUT2D eigenvalue weighted by Crippen LogP contribution is -2.17. The molecule has 10 heteroatoms. The number of aliphatic hydroxyl groups excluding tert-OH is 1. The largest absolute Gasteiger partial charge is 0.433 e. The molecule has 2 aromatic carbocycles. The summed E-state index contributed by atoms with van der Waals surface area (Å²) >= 11 is 6.29. The van der Waals surface area contributed by atoms with Gasteiger partial charge in [0.2, 0.25) is 5.65 Å². The molecule has 0 bridgehead atoms. The fourth-order valence-electron chi connectivity index (χ4n) is 2.76. The Morgan fingerprint density at radius 2 is 2.00 bits per heavy atom. The Labute approximate surface area is 174 Å². The highest BCUT2D eigenvalue weighted by Crippen LogP contribution is 2.34. The van der Waals surface area contributed by atoms with Crippen LogP contribution in [0.25, 0.3) is 22.4 Å². The van der Waals surface area contributed by atoms with Crippen molar-refractivity contribution in [2.24, 2.45) is 0 Å². The van der Waals surface area contributed by atoms with Crippen molar-refractivity contribution in [3.8, 4) is 22.9 Å². The number of benzene rings is 2. The molecule has 0 aliphatic carbocycles. The number of ether oxygens (including phenoxy) is 1. The Morgan fingerprint density at radius 3 is 2.73 bits per heavy atom. The van der Waals surface area contributed by atoms with E-state index in [4.69, 9.17) is 16.3 Å². The van der Waals surface area contributed by atoms with E-state index < -0.39 is 17.7 Å². The number of hydrogen-bond acceptors (Lipinski definition) is 6. The zero-order valence-electron chi connectivity index (χ0n) is 15.7. The van der Waals surface area contributed by atoms with E-state index in [9.17, 15) is 13.9 Å². The van der Waals surface area contributed by atoms with Crippen LogP contribution in [0.15, 0.2) is 42.5 Å². The second-order valence-electron chi connectivity index (χ2n) is 6.53. The predicted octanol–water partition coefficient (Wildman–Crippen LogP) is 4.54.